The second-order valence-corrected chi connectivity index (χ2v) is 7.71. The second kappa shape index (κ2) is 9.60. The number of hydrogen-bond donors (Lipinski definition) is 2. The Kier molecular flexibility index (Phi) is 7.13. The van der Waals surface area contributed by atoms with Gasteiger partial charge in [0, 0.05) is 16.6 Å². The predicted octanol–water partition coefficient (Wildman–Crippen LogP) is 5.11. The third-order valence-electron chi connectivity index (χ3n) is 5.28. The fourth-order valence-electron chi connectivity index (χ4n) is 3.68. The van der Waals surface area contributed by atoms with Gasteiger partial charge in [0.1, 0.15) is 5.82 Å². The molecule has 1 aliphatic rings. The van der Waals surface area contributed by atoms with Crippen molar-refractivity contribution in [3.05, 3.63) is 76.3 Å². The standard InChI is InChI=1S/C22H22ClFN4O.ClH/c1-14-2-5-17(12-20(14)24)27-22(29)19-13-26-28(18-6-3-16(23)4-7-18)21(19)15-8-10-25-11-9-15;/h2-7,12-13,15,25H,8-11H2,1H3,(H,27,29);1H. The molecule has 1 saturated heterocycles. The molecule has 0 bridgehead atoms. The highest BCUT2D eigenvalue weighted by Gasteiger charge is 2.27. The lowest BCUT2D eigenvalue weighted by molar-refractivity contribution is 0.102. The van der Waals surface area contributed by atoms with Gasteiger partial charge in [0.05, 0.1) is 23.1 Å². The van der Waals surface area contributed by atoms with Gasteiger partial charge < -0.3 is 10.6 Å². The highest BCUT2D eigenvalue weighted by atomic mass is 35.5. The van der Waals surface area contributed by atoms with E-state index in [2.05, 4.69) is 15.7 Å². The largest absolute Gasteiger partial charge is 0.322 e. The molecule has 1 fully saturated rings. The van der Waals surface area contributed by atoms with Crippen molar-refractivity contribution in [2.45, 2.75) is 25.7 Å². The monoisotopic (exact) mass is 448 g/mol. The second-order valence-electron chi connectivity index (χ2n) is 7.27. The number of piperidine rings is 1. The SMILES string of the molecule is Cc1ccc(NC(=O)c2cnn(-c3ccc(Cl)cc3)c2C2CCNCC2)cc1F.Cl. The molecule has 2 heterocycles. The van der Waals surface area contributed by atoms with Gasteiger partial charge in [-0.2, -0.15) is 5.10 Å². The molecule has 2 aromatic carbocycles. The number of halogens is 3. The minimum atomic E-state index is -0.349. The van der Waals surface area contributed by atoms with Crippen molar-refractivity contribution < 1.29 is 9.18 Å². The van der Waals surface area contributed by atoms with E-state index in [0.717, 1.165) is 37.3 Å². The van der Waals surface area contributed by atoms with Crippen molar-refractivity contribution in [3.8, 4) is 5.69 Å². The van der Waals surface area contributed by atoms with Crippen molar-refractivity contribution in [1.29, 1.82) is 0 Å². The Morgan fingerprint density at radius 3 is 2.57 bits per heavy atom. The van der Waals surface area contributed by atoms with Crippen LogP contribution in [0.25, 0.3) is 5.69 Å². The van der Waals surface area contributed by atoms with Crippen LogP contribution in [0.1, 0.15) is 40.4 Å². The number of aryl methyl sites for hydroxylation is 1. The molecule has 0 unspecified atom stereocenters. The number of anilines is 1. The van der Waals surface area contributed by atoms with Gasteiger partial charge >= 0.3 is 0 Å². The molecule has 1 aliphatic heterocycles. The van der Waals surface area contributed by atoms with E-state index in [4.69, 9.17) is 11.6 Å². The molecule has 158 valence electrons. The molecule has 0 saturated carbocycles. The molecule has 0 atom stereocenters. The molecular formula is C22H23Cl2FN4O. The first-order valence-corrected chi connectivity index (χ1v) is 10.0. The topological polar surface area (TPSA) is 59.0 Å². The first-order chi connectivity index (χ1) is 14.0. The summed E-state index contributed by atoms with van der Waals surface area (Å²) in [7, 11) is 0. The predicted molar refractivity (Wildman–Crippen MR) is 120 cm³/mol. The van der Waals surface area contributed by atoms with Gasteiger partial charge in [-0.25, -0.2) is 9.07 Å². The summed E-state index contributed by atoms with van der Waals surface area (Å²) in [6.07, 6.45) is 3.42. The summed E-state index contributed by atoms with van der Waals surface area (Å²) < 4.78 is 15.7. The van der Waals surface area contributed by atoms with Gasteiger partial charge in [-0.05, 0) is 74.8 Å². The number of benzene rings is 2. The third kappa shape index (κ3) is 4.67. The van der Waals surface area contributed by atoms with E-state index in [-0.39, 0.29) is 30.0 Å². The van der Waals surface area contributed by atoms with Gasteiger partial charge in [-0.15, -0.1) is 12.4 Å². The van der Waals surface area contributed by atoms with Crippen LogP contribution in [-0.4, -0.2) is 28.8 Å². The van der Waals surface area contributed by atoms with E-state index in [1.54, 1.807) is 37.4 Å². The summed E-state index contributed by atoms with van der Waals surface area (Å²) in [5.41, 5.74) is 3.19. The highest BCUT2D eigenvalue weighted by Crippen LogP contribution is 2.31. The Morgan fingerprint density at radius 1 is 1.20 bits per heavy atom. The van der Waals surface area contributed by atoms with Crippen molar-refractivity contribution in [2.75, 3.05) is 18.4 Å². The summed E-state index contributed by atoms with van der Waals surface area (Å²) in [6, 6.07) is 12.1. The maximum absolute atomic E-state index is 13.9. The van der Waals surface area contributed by atoms with Crippen LogP contribution < -0.4 is 10.6 Å². The van der Waals surface area contributed by atoms with Crippen LogP contribution in [0.15, 0.2) is 48.7 Å². The quantitative estimate of drug-likeness (QED) is 0.582. The molecule has 3 aromatic rings. The molecule has 0 spiro atoms. The zero-order valence-electron chi connectivity index (χ0n) is 16.5. The van der Waals surface area contributed by atoms with E-state index in [1.165, 1.54) is 6.07 Å². The van der Waals surface area contributed by atoms with Crippen molar-refractivity contribution >= 4 is 35.6 Å². The first kappa shape index (κ1) is 22.3. The Morgan fingerprint density at radius 2 is 1.90 bits per heavy atom. The van der Waals surface area contributed by atoms with Gasteiger partial charge in [0.15, 0.2) is 0 Å². The highest BCUT2D eigenvalue weighted by molar-refractivity contribution is 6.30. The number of carbonyl (C=O) groups excluding carboxylic acids is 1. The van der Waals surface area contributed by atoms with E-state index in [1.807, 2.05) is 16.8 Å². The van der Waals surface area contributed by atoms with Crippen LogP contribution in [0.2, 0.25) is 5.02 Å². The van der Waals surface area contributed by atoms with Gasteiger partial charge in [0.25, 0.3) is 5.91 Å². The number of rotatable bonds is 4. The summed E-state index contributed by atoms with van der Waals surface area (Å²) in [5, 5.41) is 11.3. The molecule has 1 amide bonds. The molecule has 30 heavy (non-hydrogen) atoms. The Balaban J connectivity index is 0.00000256. The number of aromatic nitrogens is 2. The lowest BCUT2D eigenvalue weighted by Crippen LogP contribution is -2.29. The number of nitrogens with one attached hydrogen (secondary N) is 2. The van der Waals surface area contributed by atoms with Gasteiger partial charge in [0.2, 0.25) is 0 Å². The summed E-state index contributed by atoms with van der Waals surface area (Å²) in [6.45, 7) is 3.47. The van der Waals surface area contributed by atoms with Crippen LogP contribution >= 0.6 is 24.0 Å². The fraction of sp³-hybridized carbons (Fsp3) is 0.273. The van der Waals surface area contributed by atoms with Gasteiger partial charge in [-0.3, -0.25) is 4.79 Å². The molecule has 2 N–H and O–H groups in total. The lowest BCUT2D eigenvalue weighted by Gasteiger charge is -2.24. The third-order valence-corrected chi connectivity index (χ3v) is 5.53. The normalized spacial score (nSPS) is 14.2. The number of amides is 1. The van der Waals surface area contributed by atoms with E-state index >= 15 is 0 Å². The van der Waals surface area contributed by atoms with Crippen molar-refractivity contribution in [1.82, 2.24) is 15.1 Å². The maximum atomic E-state index is 13.9. The molecule has 8 heteroatoms. The van der Waals surface area contributed by atoms with Crippen LogP contribution in [0, 0.1) is 12.7 Å². The summed E-state index contributed by atoms with van der Waals surface area (Å²) in [5.74, 6) is -0.440. The van der Waals surface area contributed by atoms with Crippen LogP contribution in [0.4, 0.5) is 10.1 Å². The van der Waals surface area contributed by atoms with Crippen molar-refractivity contribution in [3.63, 3.8) is 0 Å². The molecule has 0 aliphatic carbocycles. The van der Waals surface area contributed by atoms with Crippen LogP contribution in [-0.2, 0) is 0 Å². The lowest BCUT2D eigenvalue weighted by atomic mass is 9.91. The molecule has 5 nitrogen and oxygen atoms in total. The number of nitrogens with zero attached hydrogens (tertiary/aromatic N) is 2. The molecule has 1 aromatic heterocycles. The minimum Gasteiger partial charge on any atom is -0.322 e. The van der Waals surface area contributed by atoms with Crippen molar-refractivity contribution in [2.24, 2.45) is 0 Å². The Hall–Kier alpha value is -2.41. The number of carbonyl (C=O) groups is 1. The van der Waals surface area contributed by atoms with Crippen LogP contribution in [0.3, 0.4) is 0 Å². The molecule has 4 rings (SSSR count). The average molecular weight is 449 g/mol. The van der Waals surface area contributed by atoms with E-state index in [0.29, 0.717) is 21.8 Å². The van der Waals surface area contributed by atoms with E-state index < -0.39 is 0 Å². The van der Waals surface area contributed by atoms with E-state index in [9.17, 15) is 9.18 Å². The smallest absolute Gasteiger partial charge is 0.259 e. The summed E-state index contributed by atoms with van der Waals surface area (Å²) in [4.78, 5) is 13.0. The molecule has 0 radical (unpaired) electrons. The first-order valence-electron chi connectivity index (χ1n) is 9.65. The Bertz CT molecular complexity index is 1030. The number of hydrogen-bond acceptors (Lipinski definition) is 3. The average Bonchev–Trinajstić information content (AvgIpc) is 3.17. The minimum absolute atomic E-state index is 0. The Labute approximate surface area is 186 Å². The zero-order valence-corrected chi connectivity index (χ0v) is 18.1. The molecular weight excluding hydrogens is 426 g/mol. The van der Waals surface area contributed by atoms with Gasteiger partial charge in [-0.1, -0.05) is 17.7 Å². The maximum Gasteiger partial charge on any atom is 0.259 e. The zero-order chi connectivity index (χ0) is 20.4. The van der Waals surface area contributed by atoms with Crippen LogP contribution in [0.5, 0.6) is 0 Å². The fourth-order valence-corrected chi connectivity index (χ4v) is 3.80. The summed E-state index contributed by atoms with van der Waals surface area (Å²) >= 11 is 6.02.